The number of aryl methyl sites for hydroxylation is 2. The Hall–Kier alpha value is -3.60. The van der Waals surface area contributed by atoms with Gasteiger partial charge in [-0.15, -0.1) is 0 Å². The highest BCUT2D eigenvalue weighted by atomic mass is 19.4. The Morgan fingerprint density at radius 1 is 1.10 bits per heavy atom. The first-order valence-corrected chi connectivity index (χ1v) is 13.1. The molecule has 1 N–H and O–H groups in total. The molecule has 208 valence electrons. The molecule has 0 saturated carbocycles. The molecule has 2 aliphatic rings. The van der Waals surface area contributed by atoms with E-state index in [9.17, 15) is 18.0 Å². The average Bonchev–Trinajstić information content (AvgIpc) is 3.50. The Labute approximate surface area is 225 Å². The Kier molecular flexibility index (Phi) is 7.53. The van der Waals surface area contributed by atoms with Gasteiger partial charge in [-0.2, -0.15) is 18.3 Å². The van der Waals surface area contributed by atoms with Crippen LogP contribution in [0.3, 0.4) is 0 Å². The van der Waals surface area contributed by atoms with Crippen LogP contribution in [0.15, 0.2) is 36.5 Å². The van der Waals surface area contributed by atoms with E-state index < -0.39 is 18.5 Å². The van der Waals surface area contributed by atoms with Crippen LogP contribution in [0.5, 0.6) is 0 Å². The van der Waals surface area contributed by atoms with Gasteiger partial charge in [-0.1, -0.05) is 6.07 Å². The third-order valence-corrected chi connectivity index (χ3v) is 7.55. The number of hydrogen-bond donors (Lipinski definition) is 1. The predicted octanol–water partition coefficient (Wildman–Crippen LogP) is 5.41. The number of hydrogen-bond acceptors (Lipinski definition) is 5. The van der Waals surface area contributed by atoms with Crippen LogP contribution >= 0.6 is 0 Å². The number of carbonyl (C=O) groups is 1. The summed E-state index contributed by atoms with van der Waals surface area (Å²) < 4.78 is 45.7. The average molecular weight is 543 g/mol. The molecular formula is C28H33F3N6O2. The standard InChI is InChI=1S/C28H33F3N6O2/c1-18-4-5-22(33-27(38)37-7-6-20(17-37)15-28(29,30)31)14-23(18)21-12-25(24-16-32-35(3)19(24)2)34-26(13-21)36-8-10-39-11-9-36/h4-5,12-14,16,20H,6-11,15,17H2,1-3H3,(H,33,38)/t20-/m0/s1. The third kappa shape index (κ3) is 6.19. The maximum atomic E-state index is 12.9. The van der Waals surface area contributed by atoms with Crippen molar-refractivity contribution in [2.75, 3.05) is 49.6 Å². The number of aromatic nitrogens is 3. The molecule has 0 unspecified atom stereocenters. The summed E-state index contributed by atoms with van der Waals surface area (Å²) in [5.41, 5.74) is 6.24. The molecule has 2 saturated heterocycles. The molecule has 8 nitrogen and oxygen atoms in total. The topological polar surface area (TPSA) is 75.5 Å². The van der Waals surface area contributed by atoms with Crippen molar-refractivity contribution in [1.29, 1.82) is 0 Å². The van der Waals surface area contributed by atoms with Gasteiger partial charge >= 0.3 is 12.2 Å². The van der Waals surface area contributed by atoms with E-state index >= 15 is 0 Å². The zero-order valence-electron chi connectivity index (χ0n) is 22.4. The molecule has 4 heterocycles. The van der Waals surface area contributed by atoms with Gasteiger partial charge in [0, 0.05) is 56.6 Å². The van der Waals surface area contributed by atoms with Crippen LogP contribution in [0.25, 0.3) is 22.4 Å². The molecule has 2 aromatic heterocycles. The maximum Gasteiger partial charge on any atom is 0.389 e. The van der Waals surface area contributed by atoms with E-state index in [1.165, 1.54) is 4.90 Å². The highest BCUT2D eigenvalue weighted by Gasteiger charge is 2.36. The Balaban J connectivity index is 1.43. The quantitative estimate of drug-likeness (QED) is 0.467. The van der Waals surface area contributed by atoms with Crippen molar-refractivity contribution in [1.82, 2.24) is 19.7 Å². The number of amides is 2. The largest absolute Gasteiger partial charge is 0.389 e. The lowest BCUT2D eigenvalue weighted by molar-refractivity contribution is -0.143. The van der Waals surface area contributed by atoms with Gasteiger partial charge in [0.1, 0.15) is 5.82 Å². The summed E-state index contributed by atoms with van der Waals surface area (Å²) in [4.78, 5) is 21.5. The molecule has 1 atom stereocenters. The number of rotatable bonds is 5. The van der Waals surface area contributed by atoms with Gasteiger partial charge < -0.3 is 19.9 Å². The first-order valence-electron chi connectivity index (χ1n) is 13.1. The lowest BCUT2D eigenvalue weighted by atomic mass is 9.98. The second kappa shape index (κ2) is 10.9. The number of nitrogens with zero attached hydrogens (tertiary/aromatic N) is 5. The molecule has 3 aromatic rings. The monoisotopic (exact) mass is 542 g/mol. The van der Waals surface area contributed by atoms with Crippen LogP contribution in [0.4, 0.5) is 29.5 Å². The van der Waals surface area contributed by atoms with Crippen LogP contribution in [0.1, 0.15) is 24.1 Å². The van der Waals surface area contributed by atoms with E-state index in [0.717, 1.165) is 52.5 Å². The van der Waals surface area contributed by atoms with Crippen LogP contribution in [-0.2, 0) is 11.8 Å². The molecule has 0 spiro atoms. The number of ether oxygens (including phenoxy) is 1. The molecule has 0 aliphatic carbocycles. The van der Waals surface area contributed by atoms with E-state index in [2.05, 4.69) is 21.4 Å². The number of alkyl halides is 3. The van der Waals surface area contributed by atoms with Gasteiger partial charge in [0.05, 0.1) is 25.1 Å². The summed E-state index contributed by atoms with van der Waals surface area (Å²) in [5, 5.41) is 7.28. The van der Waals surface area contributed by atoms with Crippen LogP contribution in [0.2, 0.25) is 0 Å². The van der Waals surface area contributed by atoms with Gasteiger partial charge in [-0.3, -0.25) is 4.68 Å². The fourth-order valence-electron chi connectivity index (χ4n) is 5.24. The zero-order chi connectivity index (χ0) is 27.7. The maximum absolute atomic E-state index is 12.9. The predicted molar refractivity (Wildman–Crippen MR) is 144 cm³/mol. The van der Waals surface area contributed by atoms with Crippen molar-refractivity contribution < 1.29 is 22.7 Å². The molecule has 5 rings (SSSR count). The fourth-order valence-corrected chi connectivity index (χ4v) is 5.24. The summed E-state index contributed by atoms with van der Waals surface area (Å²) in [5.74, 6) is 0.282. The van der Waals surface area contributed by atoms with Crippen LogP contribution in [0, 0.1) is 19.8 Å². The van der Waals surface area contributed by atoms with E-state index in [1.54, 1.807) is 0 Å². The van der Waals surface area contributed by atoms with Crippen LogP contribution in [-0.4, -0.2) is 71.3 Å². The lowest BCUT2D eigenvalue weighted by Gasteiger charge is -2.28. The normalized spacial score (nSPS) is 18.1. The van der Waals surface area contributed by atoms with Gasteiger partial charge in [0.2, 0.25) is 0 Å². The number of morpholine rings is 1. The molecule has 2 aliphatic heterocycles. The van der Waals surface area contributed by atoms with E-state index in [-0.39, 0.29) is 12.6 Å². The number of benzene rings is 1. The molecule has 2 fully saturated rings. The second-order valence-corrected chi connectivity index (χ2v) is 10.3. The molecular weight excluding hydrogens is 509 g/mol. The summed E-state index contributed by atoms with van der Waals surface area (Å²) in [6.45, 7) is 7.17. The zero-order valence-corrected chi connectivity index (χ0v) is 22.4. The van der Waals surface area contributed by atoms with E-state index in [0.29, 0.717) is 31.9 Å². The van der Waals surface area contributed by atoms with E-state index in [4.69, 9.17) is 9.72 Å². The highest BCUT2D eigenvalue weighted by Crippen LogP contribution is 2.34. The van der Waals surface area contributed by atoms with E-state index in [1.807, 2.05) is 56.0 Å². The van der Waals surface area contributed by atoms with Crippen molar-refractivity contribution in [3.8, 4) is 22.4 Å². The van der Waals surface area contributed by atoms with Gasteiger partial charge in [0.25, 0.3) is 0 Å². The highest BCUT2D eigenvalue weighted by molar-refractivity contribution is 5.91. The number of halogens is 3. The van der Waals surface area contributed by atoms with Crippen molar-refractivity contribution in [2.45, 2.75) is 32.9 Å². The fraction of sp³-hybridized carbons (Fsp3) is 0.464. The van der Waals surface area contributed by atoms with Crippen molar-refractivity contribution in [2.24, 2.45) is 13.0 Å². The molecule has 0 radical (unpaired) electrons. The number of anilines is 2. The third-order valence-electron chi connectivity index (χ3n) is 7.55. The summed E-state index contributed by atoms with van der Waals surface area (Å²) >= 11 is 0. The number of likely N-dealkylation sites (tertiary alicyclic amines) is 1. The Morgan fingerprint density at radius 2 is 1.87 bits per heavy atom. The molecule has 11 heteroatoms. The Bertz CT molecular complexity index is 1350. The number of pyridine rings is 1. The summed E-state index contributed by atoms with van der Waals surface area (Å²) in [6, 6.07) is 9.36. The first-order chi connectivity index (χ1) is 18.6. The van der Waals surface area contributed by atoms with Crippen molar-refractivity contribution >= 4 is 17.5 Å². The smallest absolute Gasteiger partial charge is 0.378 e. The minimum Gasteiger partial charge on any atom is -0.378 e. The molecule has 39 heavy (non-hydrogen) atoms. The van der Waals surface area contributed by atoms with Crippen molar-refractivity contribution in [3.05, 3.63) is 47.8 Å². The summed E-state index contributed by atoms with van der Waals surface area (Å²) in [6.07, 6.45) is -2.92. The number of carbonyl (C=O) groups excluding carboxylic acids is 1. The molecule has 0 bridgehead atoms. The number of urea groups is 1. The van der Waals surface area contributed by atoms with Gasteiger partial charge in [-0.25, -0.2) is 9.78 Å². The first kappa shape index (κ1) is 27.0. The lowest BCUT2D eigenvalue weighted by Crippen LogP contribution is -2.36. The van der Waals surface area contributed by atoms with Crippen LogP contribution < -0.4 is 10.2 Å². The van der Waals surface area contributed by atoms with Crippen molar-refractivity contribution in [3.63, 3.8) is 0 Å². The second-order valence-electron chi connectivity index (χ2n) is 10.3. The van der Waals surface area contributed by atoms with Gasteiger partial charge in [-0.05, 0) is 67.1 Å². The van der Waals surface area contributed by atoms with Gasteiger partial charge in [0.15, 0.2) is 0 Å². The molecule has 1 aromatic carbocycles. The molecule has 2 amide bonds. The minimum absolute atomic E-state index is 0.102. The summed E-state index contributed by atoms with van der Waals surface area (Å²) in [7, 11) is 1.90. The number of nitrogens with one attached hydrogen (secondary N) is 1. The Morgan fingerprint density at radius 3 is 2.56 bits per heavy atom. The minimum atomic E-state index is -4.22. The SMILES string of the molecule is Cc1ccc(NC(=O)N2CC[C@@H](CC(F)(F)F)C2)cc1-c1cc(-c2cnn(C)c2C)nc(N2CCOCC2)c1.